The summed E-state index contributed by atoms with van der Waals surface area (Å²) in [6, 6.07) is 21.7. The van der Waals surface area contributed by atoms with E-state index in [2.05, 4.69) is 64.9 Å². The summed E-state index contributed by atoms with van der Waals surface area (Å²) >= 11 is 0. The molecule has 2 aromatic carbocycles. The summed E-state index contributed by atoms with van der Waals surface area (Å²) in [5.41, 5.74) is 3.78. The number of rotatable bonds is 5. The lowest BCUT2D eigenvalue weighted by Crippen LogP contribution is -2.16. The number of nitrogens with zero attached hydrogens (tertiary/aromatic N) is 1. The summed E-state index contributed by atoms with van der Waals surface area (Å²) in [6.45, 7) is 0. The van der Waals surface area contributed by atoms with Crippen LogP contribution in [0.15, 0.2) is 66.9 Å². The first-order chi connectivity index (χ1) is 10.4. The molecular weight excluding hydrogens is 256 g/mol. The highest BCUT2D eigenvalue weighted by atomic mass is 14.9. The Morgan fingerprint density at radius 3 is 2.67 bits per heavy atom. The van der Waals surface area contributed by atoms with E-state index in [0.717, 1.165) is 18.4 Å². The van der Waals surface area contributed by atoms with Crippen molar-refractivity contribution < 1.29 is 0 Å². The number of fused-ring (bicyclic) bond motifs is 1. The van der Waals surface area contributed by atoms with Gasteiger partial charge in [0.05, 0.1) is 5.52 Å². The van der Waals surface area contributed by atoms with Crippen LogP contribution in [0, 0.1) is 0 Å². The Kier molecular flexibility index (Phi) is 4.27. The van der Waals surface area contributed by atoms with Gasteiger partial charge in [0.25, 0.3) is 0 Å². The number of aromatic nitrogens is 1. The second-order valence-corrected chi connectivity index (χ2v) is 5.32. The molecule has 1 N–H and O–H groups in total. The Balaban J connectivity index is 1.73. The van der Waals surface area contributed by atoms with Crippen molar-refractivity contribution in [3.05, 3.63) is 78.0 Å². The molecule has 0 amide bonds. The minimum Gasteiger partial charge on any atom is -0.313 e. The van der Waals surface area contributed by atoms with Gasteiger partial charge in [0.2, 0.25) is 0 Å². The summed E-state index contributed by atoms with van der Waals surface area (Å²) in [5.74, 6) is 0. The highest BCUT2D eigenvalue weighted by molar-refractivity contribution is 5.78. The molecule has 0 radical (unpaired) electrons. The van der Waals surface area contributed by atoms with Crippen molar-refractivity contribution in [3.8, 4) is 0 Å². The molecule has 0 aliphatic rings. The first kappa shape index (κ1) is 13.8. The van der Waals surface area contributed by atoms with Gasteiger partial charge < -0.3 is 5.32 Å². The smallest absolute Gasteiger partial charge is 0.0702 e. The molecule has 1 unspecified atom stereocenters. The average molecular weight is 276 g/mol. The zero-order valence-corrected chi connectivity index (χ0v) is 12.3. The van der Waals surface area contributed by atoms with Gasteiger partial charge in [0.15, 0.2) is 0 Å². The van der Waals surface area contributed by atoms with E-state index in [4.69, 9.17) is 0 Å². The third-order valence-electron chi connectivity index (χ3n) is 3.94. The maximum absolute atomic E-state index is 4.37. The second-order valence-electron chi connectivity index (χ2n) is 5.32. The van der Waals surface area contributed by atoms with Gasteiger partial charge in [-0.1, -0.05) is 42.5 Å². The van der Waals surface area contributed by atoms with E-state index in [1.165, 1.54) is 16.5 Å². The highest BCUT2D eigenvalue weighted by Crippen LogP contribution is 2.20. The molecular formula is C19H20N2. The largest absolute Gasteiger partial charge is 0.313 e. The summed E-state index contributed by atoms with van der Waals surface area (Å²) in [7, 11) is 2.03. The molecule has 21 heavy (non-hydrogen) atoms. The van der Waals surface area contributed by atoms with E-state index in [1.807, 2.05) is 19.3 Å². The fraction of sp³-hybridized carbons (Fsp3) is 0.211. The van der Waals surface area contributed by atoms with Crippen molar-refractivity contribution in [2.24, 2.45) is 0 Å². The van der Waals surface area contributed by atoms with E-state index in [9.17, 15) is 0 Å². The van der Waals surface area contributed by atoms with Crippen molar-refractivity contribution in [1.29, 1.82) is 0 Å². The van der Waals surface area contributed by atoms with Gasteiger partial charge in [-0.25, -0.2) is 0 Å². The fourth-order valence-electron chi connectivity index (χ4n) is 2.75. The number of nitrogens with one attached hydrogen (secondary N) is 1. The number of benzene rings is 2. The average Bonchev–Trinajstić information content (AvgIpc) is 2.56. The van der Waals surface area contributed by atoms with Crippen molar-refractivity contribution in [2.45, 2.75) is 18.9 Å². The normalized spacial score (nSPS) is 12.4. The van der Waals surface area contributed by atoms with E-state index in [1.54, 1.807) is 0 Å². The lowest BCUT2D eigenvalue weighted by atomic mass is 9.98. The minimum atomic E-state index is 0.399. The lowest BCUT2D eigenvalue weighted by Gasteiger charge is -2.16. The number of pyridine rings is 1. The summed E-state index contributed by atoms with van der Waals surface area (Å²) < 4.78 is 0. The van der Waals surface area contributed by atoms with Crippen LogP contribution in [0.25, 0.3) is 10.9 Å². The van der Waals surface area contributed by atoms with Gasteiger partial charge >= 0.3 is 0 Å². The Morgan fingerprint density at radius 2 is 1.86 bits per heavy atom. The SMILES string of the molecule is CNC(CCc1ccc2ncccc2c1)c1ccccc1. The molecule has 0 saturated heterocycles. The molecule has 3 aromatic rings. The van der Waals surface area contributed by atoms with Gasteiger partial charge in [0.1, 0.15) is 0 Å². The van der Waals surface area contributed by atoms with Crippen molar-refractivity contribution in [1.82, 2.24) is 10.3 Å². The van der Waals surface area contributed by atoms with Crippen molar-refractivity contribution in [3.63, 3.8) is 0 Å². The van der Waals surface area contributed by atoms with Crippen LogP contribution in [0.1, 0.15) is 23.6 Å². The van der Waals surface area contributed by atoms with Crippen LogP contribution >= 0.6 is 0 Å². The van der Waals surface area contributed by atoms with Crippen molar-refractivity contribution >= 4 is 10.9 Å². The van der Waals surface area contributed by atoms with E-state index in [-0.39, 0.29) is 0 Å². The Hall–Kier alpha value is -2.19. The quantitative estimate of drug-likeness (QED) is 0.758. The maximum atomic E-state index is 4.37. The molecule has 3 rings (SSSR count). The van der Waals surface area contributed by atoms with E-state index < -0.39 is 0 Å². The van der Waals surface area contributed by atoms with Crippen LogP contribution in [0.5, 0.6) is 0 Å². The van der Waals surface area contributed by atoms with E-state index >= 15 is 0 Å². The third-order valence-corrected chi connectivity index (χ3v) is 3.94. The second kappa shape index (κ2) is 6.51. The Morgan fingerprint density at radius 1 is 1.00 bits per heavy atom. The fourth-order valence-corrected chi connectivity index (χ4v) is 2.75. The summed E-state index contributed by atoms with van der Waals surface area (Å²) in [5, 5.41) is 4.63. The Labute approximate surface area is 125 Å². The molecule has 1 heterocycles. The predicted molar refractivity (Wildman–Crippen MR) is 88.3 cm³/mol. The highest BCUT2D eigenvalue weighted by Gasteiger charge is 2.08. The lowest BCUT2D eigenvalue weighted by molar-refractivity contribution is 0.549. The molecule has 1 atom stereocenters. The van der Waals surface area contributed by atoms with E-state index in [0.29, 0.717) is 6.04 Å². The van der Waals surface area contributed by atoms with Gasteiger partial charge in [-0.2, -0.15) is 0 Å². The standard InChI is InChI=1S/C19H20N2/c1-20-18(16-6-3-2-4-7-16)11-9-15-10-12-19-17(14-15)8-5-13-21-19/h2-8,10,12-14,18,20H,9,11H2,1H3. The van der Waals surface area contributed by atoms with Crippen LogP contribution in [0.4, 0.5) is 0 Å². The van der Waals surface area contributed by atoms with Gasteiger partial charge in [-0.05, 0) is 49.2 Å². The number of hydrogen-bond donors (Lipinski definition) is 1. The maximum Gasteiger partial charge on any atom is 0.0702 e. The van der Waals surface area contributed by atoms with Crippen LogP contribution < -0.4 is 5.32 Å². The first-order valence-electron chi connectivity index (χ1n) is 7.43. The molecule has 2 nitrogen and oxygen atoms in total. The minimum absolute atomic E-state index is 0.399. The molecule has 0 fully saturated rings. The monoisotopic (exact) mass is 276 g/mol. The number of aryl methyl sites for hydroxylation is 1. The molecule has 0 spiro atoms. The molecule has 106 valence electrons. The van der Waals surface area contributed by atoms with Gasteiger partial charge in [0, 0.05) is 17.6 Å². The van der Waals surface area contributed by atoms with Crippen LogP contribution in [-0.4, -0.2) is 12.0 Å². The zero-order chi connectivity index (χ0) is 14.5. The van der Waals surface area contributed by atoms with Crippen LogP contribution in [-0.2, 0) is 6.42 Å². The van der Waals surface area contributed by atoms with Gasteiger partial charge in [-0.3, -0.25) is 4.98 Å². The first-order valence-corrected chi connectivity index (χ1v) is 7.43. The zero-order valence-electron chi connectivity index (χ0n) is 12.3. The van der Waals surface area contributed by atoms with Crippen LogP contribution in [0.2, 0.25) is 0 Å². The van der Waals surface area contributed by atoms with Crippen LogP contribution in [0.3, 0.4) is 0 Å². The topological polar surface area (TPSA) is 24.9 Å². The third kappa shape index (κ3) is 3.29. The Bertz CT molecular complexity index is 707. The van der Waals surface area contributed by atoms with Crippen molar-refractivity contribution in [2.75, 3.05) is 7.05 Å². The predicted octanol–water partition coefficient (Wildman–Crippen LogP) is 4.13. The molecule has 0 saturated carbocycles. The molecule has 0 bridgehead atoms. The molecule has 0 aliphatic heterocycles. The summed E-state index contributed by atoms with van der Waals surface area (Å²) in [6.07, 6.45) is 3.99. The molecule has 0 aliphatic carbocycles. The summed E-state index contributed by atoms with van der Waals surface area (Å²) in [4.78, 5) is 4.37. The van der Waals surface area contributed by atoms with Gasteiger partial charge in [-0.15, -0.1) is 0 Å². The molecule has 1 aromatic heterocycles. The molecule has 2 heteroatoms. The number of hydrogen-bond acceptors (Lipinski definition) is 2.